The molecule has 4 aromatic carbocycles. The molecule has 0 fully saturated rings. The van der Waals surface area contributed by atoms with E-state index in [0.717, 1.165) is 5.56 Å². The summed E-state index contributed by atoms with van der Waals surface area (Å²) in [7, 11) is -7.96. The van der Waals surface area contributed by atoms with Crippen molar-refractivity contribution in [3.05, 3.63) is 112 Å². The van der Waals surface area contributed by atoms with Gasteiger partial charge in [-0.1, -0.05) is 41.4 Å². The Hall–Kier alpha value is -3.57. The van der Waals surface area contributed by atoms with Crippen LogP contribution in [0.3, 0.4) is 0 Å². The van der Waals surface area contributed by atoms with E-state index in [4.69, 9.17) is 23.2 Å². The molecule has 0 aliphatic heterocycles. The third-order valence-electron chi connectivity index (χ3n) is 5.39. The van der Waals surface area contributed by atoms with Crippen LogP contribution < -0.4 is 14.8 Å². The second kappa shape index (κ2) is 11.0. The maximum Gasteiger partial charge on any atom is 0.263 e. The van der Waals surface area contributed by atoms with Crippen LogP contribution in [0.4, 0.5) is 17.1 Å². The van der Waals surface area contributed by atoms with Crippen LogP contribution in [0.25, 0.3) is 0 Å². The molecule has 0 bridgehead atoms. The van der Waals surface area contributed by atoms with E-state index in [0.29, 0.717) is 22.1 Å². The van der Waals surface area contributed by atoms with E-state index in [-0.39, 0.29) is 20.4 Å². The molecule has 12 heteroatoms. The van der Waals surface area contributed by atoms with Gasteiger partial charge >= 0.3 is 0 Å². The summed E-state index contributed by atoms with van der Waals surface area (Å²) in [5.41, 5.74) is 1.80. The molecule has 0 aromatic heterocycles. The molecule has 0 aliphatic rings. The lowest BCUT2D eigenvalue weighted by atomic mass is 10.2. The smallest absolute Gasteiger partial charge is 0.263 e. The number of amides is 1. The van der Waals surface area contributed by atoms with Crippen LogP contribution in [0, 0.1) is 6.92 Å². The van der Waals surface area contributed by atoms with Gasteiger partial charge in [0.25, 0.3) is 26.0 Å². The standard InChI is InChI=1S/C26H21Cl2N3O5S2/c1-17-4-2-3-5-24(17)31-38(35,36)25-16-18(6-15-23(25)28)26(32)29-20-11-13-22(14-12-20)37(33,34)30-21-9-7-19(27)8-10-21/h2-16,30-31H,1H3,(H,29,32). The number of halogens is 2. The molecular formula is C26H21Cl2N3O5S2. The number of nitrogens with one attached hydrogen (secondary N) is 3. The number of carbonyl (C=O) groups excluding carboxylic acids is 1. The third-order valence-corrected chi connectivity index (χ3v) is 8.89. The van der Waals surface area contributed by atoms with Crippen LogP contribution in [-0.2, 0) is 20.0 Å². The van der Waals surface area contributed by atoms with Gasteiger partial charge in [-0.2, -0.15) is 0 Å². The second-order valence-corrected chi connectivity index (χ2v) is 12.3. The fraction of sp³-hybridized carbons (Fsp3) is 0.0385. The Morgan fingerprint density at radius 1 is 0.711 bits per heavy atom. The van der Waals surface area contributed by atoms with Crippen molar-refractivity contribution in [3.63, 3.8) is 0 Å². The first-order valence-electron chi connectivity index (χ1n) is 11.0. The predicted octanol–water partition coefficient (Wildman–Crippen LogP) is 6.16. The summed E-state index contributed by atoms with van der Waals surface area (Å²) in [5.74, 6) is -0.607. The first-order chi connectivity index (χ1) is 17.9. The molecular weight excluding hydrogens is 569 g/mol. The molecule has 0 atom stereocenters. The van der Waals surface area contributed by atoms with E-state index in [2.05, 4.69) is 14.8 Å². The highest BCUT2D eigenvalue weighted by Gasteiger charge is 2.21. The third kappa shape index (κ3) is 6.46. The van der Waals surface area contributed by atoms with Gasteiger partial charge in [-0.15, -0.1) is 0 Å². The SMILES string of the molecule is Cc1ccccc1NS(=O)(=O)c1cc(C(=O)Nc2ccc(S(=O)(=O)Nc3ccc(Cl)cc3)cc2)ccc1Cl. The summed E-state index contributed by atoms with van der Waals surface area (Å²) >= 11 is 12.0. The maximum absolute atomic E-state index is 13.0. The van der Waals surface area contributed by atoms with Crippen LogP contribution in [0.5, 0.6) is 0 Å². The average Bonchev–Trinajstić information content (AvgIpc) is 2.87. The summed E-state index contributed by atoms with van der Waals surface area (Å²) in [6, 6.07) is 22.4. The molecule has 0 radical (unpaired) electrons. The number of rotatable bonds is 8. The molecule has 0 saturated carbocycles. The summed E-state index contributed by atoms with van der Waals surface area (Å²) in [4.78, 5) is 12.6. The van der Waals surface area contributed by atoms with Gasteiger partial charge in [0, 0.05) is 22.0 Å². The number of hydrogen-bond donors (Lipinski definition) is 3. The number of aryl methyl sites for hydroxylation is 1. The highest BCUT2D eigenvalue weighted by atomic mass is 35.5. The first kappa shape index (κ1) is 27.5. The summed E-state index contributed by atoms with van der Waals surface area (Å²) in [6.07, 6.45) is 0. The molecule has 0 unspecified atom stereocenters. The second-order valence-electron chi connectivity index (χ2n) is 8.16. The van der Waals surface area contributed by atoms with Crippen molar-refractivity contribution in [2.24, 2.45) is 0 Å². The van der Waals surface area contributed by atoms with E-state index < -0.39 is 26.0 Å². The van der Waals surface area contributed by atoms with Gasteiger partial charge in [-0.05, 0) is 85.3 Å². The van der Waals surface area contributed by atoms with E-state index in [1.54, 1.807) is 43.3 Å². The van der Waals surface area contributed by atoms with Crippen molar-refractivity contribution < 1.29 is 21.6 Å². The fourth-order valence-electron chi connectivity index (χ4n) is 3.39. The van der Waals surface area contributed by atoms with Gasteiger partial charge < -0.3 is 5.32 Å². The Bertz CT molecular complexity index is 1710. The maximum atomic E-state index is 13.0. The van der Waals surface area contributed by atoms with Crippen molar-refractivity contribution in [2.45, 2.75) is 16.7 Å². The molecule has 8 nitrogen and oxygen atoms in total. The van der Waals surface area contributed by atoms with Gasteiger partial charge in [0.1, 0.15) is 4.90 Å². The van der Waals surface area contributed by atoms with Gasteiger partial charge in [0.15, 0.2) is 0 Å². The number of sulfonamides is 2. The molecule has 1 amide bonds. The average molecular weight is 591 g/mol. The van der Waals surface area contributed by atoms with Crippen LogP contribution in [0.2, 0.25) is 10.0 Å². The molecule has 38 heavy (non-hydrogen) atoms. The van der Waals surface area contributed by atoms with Gasteiger partial charge in [-0.3, -0.25) is 14.2 Å². The zero-order chi connectivity index (χ0) is 27.5. The Labute approximate surface area is 230 Å². The van der Waals surface area contributed by atoms with Crippen molar-refractivity contribution in [3.8, 4) is 0 Å². The minimum Gasteiger partial charge on any atom is -0.322 e. The molecule has 3 N–H and O–H groups in total. The Kier molecular flexibility index (Phi) is 7.98. The molecule has 0 spiro atoms. The summed E-state index contributed by atoms with van der Waals surface area (Å²) in [6.45, 7) is 1.76. The quantitative estimate of drug-likeness (QED) is 0.227. The Morgan fingerprint density at radius 2 is 1.34 bits per heavy atom. The van der Waals surface area contributed by atoms with E-state index in [9.17, 15) is 21.6 Å². The molecule has 4 aromatic rings. The monoisotopic (exact) mass is 589 g/mol. The largest absolute Gasteiger partial charge is 0.322 e. The molecule has 196 valence electrons. The minimum absolute atomic E-state index is 0.0207. The molecule has 4 rings (SSSR count). The van der Waals surface area contributed by atoms with E-state index in [1.807, 2.05) is 0 Å². The number of para-hydroxylation sites is 1. The lowest BCUT2D eigenvalue weighted by Gasteiger charge is -2.13. The van der Waals surface area contributed by atoms with Gasteiger partial charge in [-0.25, -0.2) is 16.8 Å². The van der Waals surface area contributed by atoms with Gasteiger partial charge in [0.05, 0.1) is 15.6 Å². The normalized spacial score (nSPS) is 11.6. The van der Waals surface area contributed by atoms with Crippen molar-refractivity contribution in [1.82, 2.24) is 0 Å². The number of carbonyl (C=O) groups is 1. The topological polar surface area (TPSA) is 121 Å². The van der Waals surface area contributed by atoms with Crippen molar-refractivity contribution >= 4 is 66.2 Å². The van der Waals surface area contributed by atoms with E-state index >= 15 is 0 Å². The Balaban J connectivity index is 1.50. The van der Waals surface area contributed by atoms with Crippen LogP contribution in [-0.4, -0.2) is 22.7 Å². The van der Waals surface area contributed by atoms with Crippen LogP contribution >= 0.6 is 23.2 Å². The molecule has 0 saturated heterocycles. The number of anilines is 3. The molecule has 0 aliphatic carbocycles. The fourth-order valence-corrected chi connectivity index (χ4v) is 6.23. The zero-order valence-corrected chi connectivity index (χ0v) is 22.9. The molecule has 0 heterocycles. The van der Waals surface area contributed by atoms with Gasteiger partial charge in [0.2, 0.25) is 0 Å². The highest BCUT2D eigenvalue weighted by Crippen LogP contribution is 2.27. The summed E-state index contributed by atoms with van der Waals surface area (Å²) < 4.78 is 56.2. The van der Waals surface area contributed by atoms with E-state index in [1.165, 1.54) is 54.6 Å². The predicted molar refractivity (Wildman–Crippen MR) is 150 cm³/mol. The van der Waals surface area contributed by atoms with Crippen molar-refractivity contribution in [1.29, 1.82) is 0 Å². The number of hydrogen-bond acceptors (Lipinski definition) is 5. The zero-order valence-electron chi connectivity index (χ0n) is 19.8. The van der Waals surface area contributed by atoms with Crippen molar-refractivity contribution in [2.75, 3.05) is 14.8 Å². The highest BCUT2D eigenvalue weighted by molar-refractivity contribution is 7.93. The first-order valence-corrected chi connectivity index (χ1v) is 14.7. The number of benzene rings is 4. The summed E-state index contributed by atoms with van der Waals surface area (Å²) in [5, 5.41) is 3.05. The van der Waals surface area contributed by atoms with Crippen LogP contribution in [0.15, 0.2) is 101 Å². The minimum atomic E-state index is -4.09. The van der Waals surface area contributed by atoms with Crippen LogP contribution in [0.1, 0.15) is 15.9 Å². The Morgan fingerprint density at radius 3 is 2.00 bits per heavy atom. The lowest BCUT2D eigenvalue weighted by molar-refractivity contribution is 0.102. The lowest BCUT2D eigenvalue weighted by Crippen LogP contribution is -2.17.